The zero-order valence-electron chi connectivity index (χ0n) is 3.72. The van der Waals surface area contributed by atoms with Crippen molar-refractivity contribution in [1.82, 2.24) is 0 Å². The Bertz CT molecular complexity index is 46.8. The first kappa shape index (κ1) is 0.924. The zero-order chi connectivity index (χ0) is 4.99. The molecule has 0 aromatic heterocycles. The second-order valence-corrected chi connectivity index (χ2v) is 0.250. The normalized spacial score (nSPS) is 11.0. The minimum absolute atomic E-state index is 1.32. The second kappa shape index (κ2) is 0.711. The molecular weight excluding hydrogens is 60.0 g/mol. The highest BCUT2D eigenvalue weighted by Gasteiger charge is 1.70. The highest BCUT2D eigenvalue weighted by molar-refractivity contribution is 5.53. The first-order valence-corrected chi connectivity index (χ1v) is 0.612. The summed E-state index contributed by atoms with van der Waals surface area (Å²) in [6, 6.07) is 0. The number of hydrogen-bond donors (Lipinski definition) is 2. The Kier molecular flexibility index (Phi) is 0.164. The van der Waals surface area contributed by atoms with Crippen molar-refractivity contribution in [2.24, 2.45) is 0 Å². The molecule has 0 aliphatic rings. The van der Waals surface area contributed by atoms with E-state index in [-0.39, 0.29) is 0 Å². The molecule has 0 radical (unpaired) electrons. The smallest absolute Gasteiger partial charge is 0.450 e. The number of carbonyl (C=O) groups is 1. The maximum absolute atomic E-state index is 9.36. The molecule has 0 aromatic rings. The molecule has 0 fully saturated rings. The fraction of sp³-hybridized carbons (Fsp3) is 0. The third-order valence-electron chi connectivity index (χ3n) is 0. The van der Waals surface area contributed by atoms with Crippen molar-refractivity contribution in [3.05, 3.63) is 0 Å². The van der Waals surface area contributed by atoms with Gasteiger partial charge in [-0.3, -0.25) is 0 Å². The average Bonchev–Trinajstić information content (AvgIpc) is 1.65. The van der Waals surface area contributed by atoms with Crippen LogP contribution in [0.15, 0.2) is 0 Å². The van der Waals surface area contributed by atoms with E-state index in [1.54, 1.807) is 0 Å². The van der Waals surface area contributed by atoms with Crippen molar-refractivity contribution in [2.45, 2.75) is 0 Å². The molecule has 3 nitrogen and oxygen atoms in total. The molecule has 0 aliphatic carbocycles. The Morgan fingerprint density at radius 3 is 3.50 bits per heavy atom. The minimum Gasteiger partial charge on any atom is -0.450 e. The van der Waals surface area contributed by atoms with Crippen LogP contribution >= 0.6 is 0 Å². The molecule has 0 aromatic carbocycles. The van der Waals surface area contributed by atoms with Crippen LogP contribution in [0.4, 0.5) is 4.79 Å². The van der Waals surface area contributed by atoms with Crippen LogP contribution in [0.25, 0.3) is 2.86 Å². The summed E-state index contributed by atoms with van der Waals surface area (Å²) in [5.74, 6) is 0. The van der Waals surface area contributed by atoms with Crippen LogP contribution in [0.2, 0.25) is 0 Å². The summed E-state index contributed by atoms with van der Waals surface area (Å²) in [4.78, 5) is 9.36. The molecule has 0 bridgehead atoms. The summed E-state index contributed by atoms with van der Waals surface area (Å²) in [6.45, 7) is 0. The van der Waals surface area contributed by atoms with Gasteiger partial charge in [-0.15, -0.1) is 0 Å². The van der Waals surface area contributed by atoms with Crippen molar-refractivity contribution in [3.8, 4) is 0 Å². The first-order valence-electron chi connectivity index (χ1n) is 1.43. The van der Waals surface area contributed by atoms with E-state index >= 15 is 0 Å². The molecule has 0 heterocycles. The third-order valence-corrected chi connectivity index (χ3v) is 0. The van der Waals surface area contributed by atoms with Crippen LogP contribution in [0, 0.1) is 0 Å². The van der Waals surface area contributed by atoms with E-state index < -0.39 is 6.16 Å². The topological polar surface area (TPSA) is 57.5 Å². The quantitative estimate of drug-likeness (QED) is 0.424. The predicted molar refractivity (Wildman–Crippen MR) is 10.7 cm³/mol. The number of rotatable bonds is 0. The lowest BCUT2D eigenvalue weighted by atomic mass is 11.5. The van der Waals surface area contributed by atoms with Gasteiger partial charge in [-0.2, -0.15) is 0 Å². The van der Waals surface area contributed by atoms with Crippen LogP contribution in [0.3, 0.4) is 0 Å². The van der Waals surface area contributed by atoms with Gasteiger partial charge >= 0.3 is 9.02 Å². The van der Waals surface area contributed by atoms with E-state index in [4.69, 9.17) is 2.86 Å². The van der Waals surface area contributed by atoms with E-state index in [0.29, 0.717) is 0 Å². The summed E-state index contributed by atoms with van der Waals surface area (Å²) < 4.78 is 11.4. The first-order chi connectivity index (χ1) is 2.81. The van der Waals surface area contributed by atoms with Gasteiger partial charge in [-0.05, 0) is 0 Å². The lowest BCUT2D eigenvalue weighted by molar-refractivity contribution is 0.137. The molecule has 0 spiro atoms. The summed E-state index contributed by atoms with van der Waals surface area (Å²) >= 11 is 0. The van der Waals surface area contributed by atoms with Crippen molar-refractivity contribution in [3.63, 3.8) is 0 Å². The summed E-state index contributed by atoms with van der Waals surface area (Å²) in [6.07, 6.45) is -1.32. The Morgan fingerprint density at radius 2 is 3.50 bits per heavy atom. The molecule has 4 heavy (non-hydrogen) atoms. The van der Waals surface area contributed by atoms with Crippen LogP contribution < -0.4 is 0 Å². The Morgan fingerprint density at radius 1 is 2.75 bits per heavy atom. The van der Waals surface area contributed by atoms with E-state index in [1.165, 1.54) is 0 Å². The van der Waals surface area contributed by atoms with Gasteiger partial charge < -0.3 is 10.2 Å². The van der Waals surface area contributed by atoms with Crippen molar-refractivity contribution in [2.75, 3.05) is 0 Å². The Hall–Kier alpha value is -0.730. The monoisotopic (exact) mass is 65.0 g/mol. The summed E-state index contributed by atoms with van der Waals surface area (Å²) in [7, 11) is 0. The molecular formula is CH2O3. The number of carboxylic acid groups (broad SMARTS) is 2. The molecule has 24 valence electrons. The van der Waals surface area contributed by atoms with Crippen molar-refractivity contribution in [1.29, 1.82) is 2.86 Å². The zero-order valence-corrected chi connectivity index (χ0v) is 1.72. The second-order valence-electron chi connectivity index (χ2n) is 0.250. The molecule has 2 N–H and O–H groups in total. The molecule has 0 unspecified atom stereocenters. The van der Waals surface area contributed by atoms with Crippen LogP contribution in [0.1, 0.15) is 0 Å². The third kappa shape index (κ3) is 0.174. The van der Waals surface area contributed by atoms with Crippen LogP contribution in [-0.2, 0) is 0 Å². The average molecular weight is 65.0 g/mol. The Balaban J connectivity index is 2.99. The molecule has 0 amide bonds. The summed E-state index contributed by atoms with van der Waals surface area (Å²) in [5.41, 5.74) is 0. The SMILES string of the molecule is [2H]OC(=O)O[3H]. The van der Waals surface area contributed by atoms with Gasteiger partial charge in [0.2, 0.25) is 0 Å². The maximum Gasteiger partial charge on any atom is 0.503 e. The summed E-state index contributed by atoms with van der Waals surface area (Å²) in [5, 5.41) is 6.20. The van der Waals surface area contributed by atoms with E-state index in [0.717, 1.165) is 0 Å². The van der Waals surface area contributed by atoms with E-state index in [2.05, 4.69) is 10.2 Å². The van der Waals surface area contributed by atoms with Crippen LogP contribution in [0.5, 0.6) is 0 Å². The fourth-order valence-electron chi connectivity index (χ4n) is 0. The molecule has 0 rings (SSSR count). The highest BCUT2D eigenvalue weighted by Crippen LogP contribution is 1.42. The van der Waals surface area contributed by atoms with Crippen molar-refractivity contribution < 1.29 is 15.0 Å². The van der Waals surface area contributed by atoms with Gasteiger partial charge in [0.05, 0.1) is 0 Å². The maximum atomic E-state index is 9.36. The van der Waals surface area contributed by atoms with Gasteiger partial charge in [0, 0.05) is 0 Å². The van der Waals surface area contributed by atoms with Crippen molar-refractivity contribution >= 4 is 6.16 Å². The van der Waals surface area contributed by atoms with Crippen LogP contribution in [-0.4, -0.2) is 16.4 Å². The molecule has 0 saturated heterocycles. The van der Waals surface area contributed by atoms with Gasteiger partial charge in [-0.1, -0.05) is 0 Å². The van der Waals surface area contributed by atoms with E-state index in [9.17, 15) is 4.79 Å². The van der Waals surface area contributed by atoms with Gasteiger partial charge in [0.15, 0.2) is 0 Å². The van der Waals surface area contributed by atoms with Gasteiger partial charge in [-0.25, -0.2) is 4.79 Å². The minimum atomic E-state index is -1.32. The number of hydrogen-bond acceptors (Lipinski definition) is 3. The lowest BCUT2D eigenvalue weighted by Gasteiger charge is -1.60. The highest BCUT2D eigenvalue weighted by atomic mass is 16.6. The standard InChI is InChI=1S/CH2O3/c2-1(3)4/h(H2,2,3,4)/i/hTD. The van der Waals surface area contributed by atoms with Gasteiger partial charge in [0.1, 0.15) is 0 Å². The molecule has 0 saturated carbocycles. The van der Waals surface area contributed by atoms with E-state index in [1.807, 2.05) is 0 Å². The molecule has 3 heteroatoms. The largest absolute Gasteiger partial charge is 0.503 e. The van der Waals surface area contributed by atoms with Gasteiger partial charge in [0.25, 0.3) is 0 Å². The predicted octanol–water partition coefficient (Wildman–Crippen LogP) is 0.222. The Labute approximate surface area is 25.5 Å². The fourth-order valence-corrected chi connectivity index (χ4v) is 0. The molecule has 0 atom stereocenters. The molecule has 0 aliphatic heterocycles. The lowest BCUT2D eigenvalue weighted by Crippen LogP contribution is -1.81.